The van der Waals surface area contributed by atoms with Crippen LogP contribution in [0.25, 0.3) is 0 Å². The van der Waals surface area contributed by atoms with Gasteiger partial charge >= 0.3 is 0 Å². The summed E-state index contributed by atoms with van der Waals surface area (Å²) >= 11 is 3.45. The molecule has 1 unspecified atom stereocenters. The highest BCUT2D eigenvalue weighted by Gasteiger charge is 2.28. The van der Waals surface area contributed by atoms with Crippen molar-refractivity contribution in [3.63, 3.8) is 0 Å². The van der Waals surface area contributed by atoms with E-state index in [1.807, 2.05) is 29.2 Å². The smallest absolute Gasteiger partial charge is 0.254 e. The van der Waals surface area contributed by atoms with E-state index in [0.717, 1.165) is 22.2 Å². The number of rotatable bonds is 3. The Labute approximate surface area is 150 Å². The van der Waals surface area contributed by atoms with Crippen LogP contribution >= 0.6 is 15.9 Å². The summed E-state index contributed by atoms with van der Waals surface area (Å²) in [6, 6.07) is 11.5. The molecule has 3 rings (SSSR count). The lowest BCUT2D eigenvalue weighted by molar-refractivity contribution is 0.0677. The number of nitrogens with zero attached hydrogens (tertiary/aromatic N) is 1. The van der Waals surface area contributed by atoms with Crippen LogP contribution in [0.4, 0.5) is 0 Å². The number of amides is 1. The van der Waals surface area contributed by atoms with E-state index >= 15 is 0 Å². The fraction of sp³-hybridized carbons (Fsp3) is 0.316. The van der Waals surface area contributed by atoms with Crippen LogP contribution in [0.1, 0.15) is 34.5 Å². The molecule has 1 atom stereocenters. The maximum atomic E-state index is 13.0. The maximum Gasteiger partial charge on any atom is 0.254 e. The van der Waals surface area contributed by atoms with Gasteiger partial charge in [-0.1, -0.05) is 6.07 Å². The van der Waals surface area contributed by atoms with Gasteiger partial charge in [-0.15, -0.1) is 0 Å². The largest absolute Gasteiger partial charge is 0.497 e. The van der Waals surface area contributed by atoms with Crippen molar-refractivity contribution in [3.05, 3.63) is 57.6 Å². The molecule has 0 saturated heterocycles. The fourth-order valence-corrected chi connectivity index (χ4v) is 3.70. The zero-order chi connectivity index (χ0) is 17.3. The maximum absolute atomic E-state index is 13.0. The second-order valence-corrected chi connectivity index (χ2v) is 6.69. The van der Waals surface area contributed by atoms with Gasteiger partial charge in [0.25, 0.3) is 5.91 Å². The Morgan fingerprint density at radius 1 is 1.17 bits per heavy atom. The second-order valence-electron chi connectivity index (χ2n) is 5.84. The van der Waals surface area contributed by atoms with E-state index < -0.39 is 0 Å². The standard InChI is InChI=1S/C19H20BrNO3/c1-12-16-11-15(23-2)6-4-13(16)8-9-21(12)19(22)14-5-7-18(24-3)17(20)10-14/h4-7,10-12H,8-9H2,1-3H3. The summed E-state index contributed by atoms with van der Waals surface area (Å²) in [5.41, 5.74) is 3.09. The van der Waals surface area contributed by atoms with Crippen molar-refractivity contribution in [2.24, 2.45) is 0 Å². The first-order valence-corrected chi connectivity index (χ1v) is 8.65. The van der Waals surface area contributed by atoms with Crippen molar-refractivity contribution >= 4 is 21.8 Å². The van der Waals surface area contributed by atoms with Gasteiger partial charge in [0.1, 0.15) is 11.5 Å². The van der Waals surface area contributed by atoms with Crippen molar-refractivity contribution < 1.29 is 14.3 Å². The molecule has 1 aliphatic rings. The molecule has 24 heavy (non-hydrogen) atoms. The topological polar surface area (TPSA) is 38.8 Å². The summed E-state index contributed by atoms with van der Waals surface area (Å²) in [5, 5.41) is 0. The third-order valence-corrected chi connectivity index (χ3v) is 5.17. The molecule has 0 aromatic heterocycles. The highest BCUT2D eigenvalue weighted by atomic mass is 79.9. The minimum absolute atomic E-state index is 0.0113. The summed E-state index contributed by atoms with van der Waals surface area (Å²) in [6.07, 6.45) is 0.854. The number of carbonyl (C=O) groups is 1. The van der Waals surface area contributed by atoms with Crippen LogP contribution in [0.2, 0.25) is 0 Å². The van der Waals surface area contributed by atoms with Crippen molar-refractivity contribution in [2.75, 3.05) is 20.8 Å². The van der Waals surface area contributed by atoms with Gasteiger partial charge in [-0.2, -0.15) is 0 Å². The molecule has 0 saturated carbocycles. The first kappa shape index (κ1) is 16.8. The number of benzene rings is 2. The Morgan fingerprint density at radius 2 is 1.96 bits per heavy atom. The fourth-order valence-electron chi connectivity index (χ4n) is 3.16. The molecule has 0 N–H and O–H groups in total. The van der Waals surface area contributed by atoms with Crippen LogP contribution in [-0.4, -0.2) is 31.6 Å². The van der Waals surface area contributed by atoms with Gasteiger partial charge in [0.2, 0.25) is 0 Å². The highest BCUT2D eigenvalue weighted by molar-refractivity contribution is 9.10. The zero-order valence-electron chi connectivity index (χ0n) is 14.0. The third kappa shape index (κ3) is 3.00. The summed E-state index contributed by atoms with van der Waals surface area (Å²) in [7, 11) is 3.27. The van der Waals surface area contributed by atoms with Gasteiger partial charge in [0.05, 0.1) is 24.7 Å². The Bertz CT molecular complexity index is 775. The molecule has 2 aromatic carbocycles. The molecule has 4 nitrogen and oxygen atoms in total. The number of methoxy groups -OCH3 is 2. The number of hydrogen-bond donors (Lipinski definition) is 0. The van der Waals surface area contributed by atoms with Crippen LogP contribution in [0, 0.1) is 0 Å². The van der Waals surface area contributed by atoms with Gasteiger partial charge in [0.15, 0.2) is 0 Å². The Morgan fingerprint density at radius 3 is 2.62 bits per heavy atom. The van der Waals surface area contributed by atoms with E-state index in [-0.39, 0.29) is 11.9 Å². The van der Waals surface area contributed by atoms with Gasteiger partial charge in [-0.3, -0.25) is 4.79 Å². The van der Waals surface area contributed by atoms with Crippen molar-refractivity contribution in [3.8, 4) is 11.5 Å². The summed E-state index contributed by atoms with van der Waals surface area (Å²) < 4.78 is 11.3. The molecule has 1 aliphatic heterocycles. The van der Waals surface area contributed by atoms with Gasteiger partial charge < -0.3 is 14.4 Å². The van der Waals surface area contributed by atoms with Crippen LogP contribution in [0.5, 0.6) is 11.5 Å². The van der Waals surface area contributed by atoms with Crippen molar-refractivity contribution in [2.45, 2.75) is 19.4 Å². The van der Waals surface area contributed by atoms with Crippen molar-refractivity contribution in [1.29, 1.82) is 0 Å². The highest BCUT2D eigenvalue weighted by Crippen LogP contribution is 2.34. The number of hydrogen-bond acceptors (Lipinski definition) is 3. The molecule has 1 heterocycles. The van der Waals surface area contributed by atoms with E-state index in [4.69, 9.17) is 9.47 Å². The van der Waals surface area contributed by atoms with Gasteiger partial charge in [0, 0.05) is 12.1 Å². The van der Waals surface area contributed by atoms with Crippen molar-refractivity contribution in [1.82, 2.24) is 4.90 Å². The van der Waals surface area contributed by atoms with E-state index in [1.54, 1.807) is 20.3 Å². The Kier molecular flexibility index (Phi) is 4.81. The Hall–Kier alpha value is -2.01. The summed E-state index contributed by atoms with van der Waals surface area (Å²) in [5.74, 6) is 1.56. The number of halogens is 1. The average molecular weight is 390 g/mol. The summed E-state index contributed by atoms with van der Waals surface area (Å²) in [6.45, 7) is 2.77. The molecule has 126 valence electrons. The molecule has 0 radical (unpaired) electrons. The first-order valence-electron chi connectivity index (χ1n) is 7.86. The lowest BCUT2D eigenvalue weighted by Crippen LogP contribution is -2.38. The number of fused-ring (bicyclic) bond motifs is 1. The normalized spacial score (nSPS) is 16.5. The Balaban J connectivity index is 1.89. The van der Waals surface area contributed by atoms with Crippen LogP contribution < -0.4 is 9.47 Å². The SMILES string of the molecule is COc1ccc2c(c1)C(C)N(C(=O)c1ccc(OC)c(Br)c1)CC2. The molecule has 0 spiro atoms. The van der Waals surface area contributed by atoms with Gasteiger partial charge in [-0.05, 0) is 70.7 Å². The molecular weight excluding hydrogens is 370 g/mol. The lowest BCUT2D eigenvalue weighted by atomic mass is 9.92. The quantitative estimate of drug-likeness (QED) is 0.788. The first-order chi connectivity index (χ1) is 11.5. The number of ether oxygens (including phenoxy) is 2. The van der Waals surface area contributed by atoms with Crippen LogP contribution in [-0.2, 0) is 6.42 Å². The monoisotopic (exact) mass is 389 g/mol. The average Bonchev–Trinajstić information content (AvgIpc) is 2.61. The minimum Gasteiger partial charge on any atom is -0.497 e. The predicted molar refractivity (Wildman–Crippen MR) is 96.8 cm³/mol. The van der Waals surface area contributed by atoms with Gasteiger partial charge in [-0.25, -0.2) is 0 Å². The van der Waals surface area contributed by atoms with Crippen LogP contribution in [0.3, 0.4) is 0 Å². The molecular formula is C19H20BrNO3. The molecule has 1 amide bonds. The second kappa shape index (κ2) is 6.85. The molecule has 0 bridgehead atoms. The minimum atomic E-state index is 0.0113. The summed E-state index contributed by atoms with van der Waals surface area (Å²) in [4.78, 5) is 14.9. The molecule has 0 fully saturated rings. The number of carbonyl (C=O) groups excluding carboxylic acids is 1. The third-order valence-electron chi connectivity index (χ3n) is 4.55. The zero-order valence-corrected chi connectivity index (χ0v) is 15.6. The molecule has 2 aromatic rings. The van der Waals surface area contributed by atoms with E-state index in [0.29, 0.717) is 17.9 Å². The van der Waals surface area contributed by atoms with E-state index in [9.17, 15) is 4.79 Å². The lowest BCUT2D eigenvalue weighted by Gasteiger charge is -2.35. The predicted octanol–water partition coefficient (Wildman–Crippen LogP) is 4.23. The van der Waals surface area contributed by atoms with E-state index in [2.05, 4.69) is 28.9 Å². The molecule has 5 heteroatoms. The van der Waals surface area contributed by atoms with Crippen LogP contribution in [0.15, 0.2) is 40.9 Å². The molecule has 0 aliphatic carbocycles. The van der Waals surface area contributed by atoms with E-state index in [1.165, 1.54) is 5.56 Å².